The third kappa shape index (κ3) is 4.63. The number of hydrogen-bond donors (Lipinski definition) is 1. The molecule has 0 heterocycles. The molecule has 1 fully saturated rings. The van der Waals surface area contributed by atoms with Crippen LogP contribution in [0, 0.1) is 0 Å². The van der Waals surface area contributed by atoms with Crippen LogP contribution < -0.4 is 5.32 Å². The predicted molar refractivity (Wildman–Crippen MR) is 82.5 cm³/mol. The molecule has 0 aromatic heterocycles. The molecule has 2 nitrogen and oxygen atoms in total. The summed E-state index contributed by atoms with van der Waals surface area (Å²) in [6.45, 7) is 10.2. The Labute approximate surface area is 118 Å². The normalized spacial score (nSPS) is 15.1. The second-order valence-corrected chi connectivity index (χ2v) is 5.58. The molecule has 0 spiro atoms. The lowest BCUT2D eigenvalue weighted by molar-refractivity contribution is 0.287. The van der Waals surface area contributed by atoms with Crippen LogP contribution in [-0.4, -0.2) is 31.1 Å². The van der Waals surface area contributed by atoms with E-state index >= 15 is 0 Å². The van der Waals surface area contributed by atoms with Gasteiger partial charge in [-0.25, -0.2) is 0 Å². The minimum atomic E-state index is 0.852. The van der Waals surface area contributed by atoms with E-state index in [1.165, 1.54) is 31.4 Å². The van der Waals surface area contributed by atoms with Crippen molar-refractivity contribution >= 4 is 0 Å². The highest BCUT2D eigenvalue weighted by molar-refractivity contribution is 5.33. The summed E-state index contributed by atoms with van der Waals surface area (Å²) in [5.74, 6) is 0.852. The molecule has 2 heteroatoms. The quantitative estimate of drug-likeness (QED) is 0.685. The van der Waals surface area contributed by atoms with Crippen LogP contribution >= 0.6 is 0 Å². The Morgan fingerprint density at radius 2 is 1.95 bits per heavy atom. The van der Waals surface area contributed by atoms with Gasteiger partial charge in [0.25, 0.3) is 0 Å². The fourth-order valence-corrected chi connectivity index (χ4v) is 2.69. The van der Waals surface area contributed by atoms with Crippen LogP contribution in [0.25, 0.3) is 0 Å². The Balaban J connectivity index is 1.73. The molecule has 1 aliphatic rings. The van der Waals surface area contributed by atoms with Gasteiger partial charge in [-0.3, -0.25) is 0 Å². The SMILES string of the molecule is CCCN(CC)CCNCc1ccccc1C1CC1. The van der Waals surface area contributed by atoms with Gasteiger partial charge in [0, 0.05) is 19.6 Å². The minimum Gasteiger partial charge on any atom is -0.311 e. The Morgan fingerprint density at radius 3 is 2.63 bits per heavy atom. The third-order valence-electron chi connectivity index (χ3n) is 3.98. The second-order valence-electron chi connectivity index (χ2n) is 5.58. The van der Waals surface area contributed by atoms with Crippen molar-refractivity contribution < 1.29 is 0 Å². The molecule has 0 radical (unpaired) electrons. The van der Waals surface area contributed by atoms with E-state index in [9.17, 15) is 0 Å². The van der Waals surface area contributed by atoms with Crippen LogP contribution in [0.1, 0.15) is 50.2 Å². The van der Waals surface area contributed by atoms with Crippen molar-refractivity contribution in [1.82, 2.24) is 10.2 Å². The molecule has 2 rings (SSSR count). The van der Waals surface area contributed by atoms with E-state index in [0.29, 0.717) is 0 Å². The lowest BCUT2D eigenvalue weighted by Gasteiger charge is -2.19. The molecule has 1 N–H and O–H groups in total. The van der Waals surface area contributed by atoms with Gasteiger partial charge in [-0.05, 0) is 49.4 Å². The van der Waals surface area contributed by atoms with E-state index in [-0.39, 0.29) is 0 Å². The van der Waals surface area contributed by atoms with Crippen LogP contribution in [0.5, 0.6) is 0 Å². The number of hydrogen-bond acceptors (Lipinski definition) is 2. The first-order valence-corrected chi connectivity index (χ1v) is 7.86. The van der Waals surface area contributed by atoms with Crippen LogP contribution in [0.3, 0.4) is 0 Å². The predicted octanol–water partition coefficient (Wildman–Crippen LogP) is 3.39. The van der Waals surface area contributed by atoms with E-state index < -0.39 is 0 Å². The summed E-state index contributed by atoms with van der Waals surface area (Å²) in [6, 6.07) is 8.93. The Morgan fingerprint density at radius 1 is 1.16 bits per heavy atom. The van der Waals surface area contributed by atoms with Gasteiger partial charge in [-0.1, -0.05) is 38.1 Å². The molecular weight excluding hydrogens is 232 g/mol. The topological polar surface area (TPSA) is 15.3 Å². The highest BCUT2D eigenvalue weighted by Crippen LogP contribution is 2.41. The van der Waals surface area contributed by atoms with E-state index in [1.54, 1.807) is 5.56 Å². The minimum absolute atomic E-state index is 0.852. The van der Waals surface area contributed by atoms with Gasteiger partial charge in [0.15, 0.2) is 0 Å². The number of rotatable bonds is 9. The van der Waals surface area contributed by atoms with E-state index in [2.05, 4.69) is 48.3 Å². The largest absolute Gasteiger partial charge is 0.311 e. The summed E-state index contributed by atoms with van der Waals surface area (Å²) in [5, 5.41) is 3.61. The Hall–Kier alpha value is -0.860. The summed E-state index contributed by atoms with van der Waals surface area (Å²) in [7, 11) is 0. The summed E-state index contributed by atoms with van der Waals surface area (Å²) in [6.07, 6.45) is 4.02. The van der Waals surface area contributed by atoms with Crippen molar-refractivity contribution in [3.63, 3.8) is 0 Å². The van der Waals surface area contributed by atoms with Crippen LogP contribution in [-0.2, 0) is 6.54 Å². The zero-order valence-corrected chi connectivity index (χ0v) is 12.5. The first kappa shape index (κ1) is 14.5. The van der Waals surface area contributed by atoms with Crippen molar-refractivity contribution in [2.24, 2.45) is 0 Å². The number of nitrogens with zero attached hydrogens (tertiary/aromatic N) is 1. The number of nitrogens with one attached hydrogen (secondary N) is 1. The lowest BCUT2D eigenvalue weighted by atomic mass is 10.0. The zero-order valence-electron chi connectivity index (χ0n) is 12.5. The van der Waals surface area contributed by atoms with Crippen molar-refractivity contribution in [2.75, 3.05) is 26.2 Å². The molecule has 106 valence electrons. The van der Waals surface area contributed by atoms with Crippen molar-refractivity contribution in [3.8, 4) is 0 Å². The molecular formula is C17H28N2. The molecule has 0 atom stereocenters. The molecule has 0 unspecified atom stereocenters. The van der Waals surface area contributed by atoms with Gasteiger partial charge in [-0.15, -0.1) is 0 Å². The van der Waals surface area contributed by atoms with Gasteiger partial charge >= 0.3 is 0 Å². The molecule has 0 aliphatic heterocycles. The lowest BCUT2D eigenvalue weighted by Crippen LogP contribution is -2.32. The second kappa shape index (κ2) is 7.66. The smallest absolute Gasteiger partial charge is 0.0208 e. The molecule has 19 heavy (non-hydrogen) atoms. The molecule has 0 amide bonds. The highest BCUT2D eigenvalue weighted by Gasteiger charge is 2.25. The Kier molecular flexibility index (Phi) is 5.87. The summed E-state index contributed by atoms with van der Waals surface area (Å²) >= 11 is 0. The summed E-state index contributed by atoms with van der Waals surface area (Å²) in [4.78, 5) is 2.51. The summed E-state index contributed by atoms with van der Waals surface area (Å²) < 4.78 is 0. The molecule has 1 aromatic carbocycles. The maximum absolute atomic E-state index is 3.61. The first-order valence-electron chi connectivity index (χ1n) is 7.86. The fourth-order valence-electron chi connectivity index (χ4n) is 2.69. The van der Waals surface area contributed by atoms with Crippen LogP contribution in [0.15, 0.2) is 24.3 Å². The third-order valence-corrected chi connectivity index (χ3v) is 3.98. The van der Waals surface area contributed by atoms with Crippen LogP contribution in [0.2, 0.25) is 0 Å². The van der Waals surface area contributed by atoms with E-state index in [4.69, 9.17) is 0 Å². The maximum atomic E-state index is 3.61. The molecule has 1 aromatic rings. The van der Waals surface area contributed by atoms with Gasteiger partial charge < -0.3 is 10.2 Å². The molecule has 0 bridgehead atoms. The van der Waals surface area contributed by atoms with Crippen molar-refractivity contribution in [3.05, 3.63) is 35.4 Å². The standard InChI is InChI=1S/C17H28N2/c1-3-12-19(4-2)13-11-18-14-16-7-5-6-8-17(16)15-9-10-15/h5-8,15,18H,3-4,9-14H2,1-2H3. The Bertz CT molecular complexity index is 371. The average Bonchev–Trinajstić information content (AvgIpc) is 3.27. The van der Waals surface area contributed by atoms with Crippen molar-refractivity contribution in [2.45, 2.75) is 45.6 Å². The first-order chi connectivity index (χ1) is 9.35. The molecule has 0 saturated heterocycles. The monoisotopic (exact) mass is 260 g/mol. The fraction of sp³-hybridized carbons (Fsp3) is 0.647. The maximum Gasteiger partial charge on any atom is 0.0208 e. The number of benzene rings is 1. The van der Waals surface area contributed by atoms with Gasteiger partial charge in [0.05, 0.1) is 0 Å². The van der Waals surface area contributed by atoms with Crippen molar-refractivity contribution in [1.29, 1.82) is 0 Å². The van der Waals surface area contributed by atoms with E-state index in [0.717, 1.165) is 32.1 Å². The number of likely N-dealkylation sites (N-methyl/N-ethyl adjacent to an activating group) is 1. The molecule has 1 aliphatic carbocycles. The molecule has 1 saturated carbocycles. The van der Waals surface area contributed by atoms with Crippen LogP contribution in [0.4, 0.5) is 0 Å². The summed E-state index contributed by atoms with van der Waals surface area (Å²) in [5.41, 5.74) is 3.08. The zero-order chi connectivity index (χ0) is 13.5. The highest BCUT2D eigenvalue weighted by atomic mass is 15.1. The van der Waals surface area contributed by atoms with Gasteiger partial charge in [0.2, 0.25) is 0 Å². The average molecular weight is 260 g/mol. The van der Waals surface area contributed by atoms with Gasteiger partial charge in [-0.2, -0.15) is 0 Å². The van der Waals surface area contributed by atoms with E-state index in [1.807, 2.05) is 0 Å². The van der Waals surface area contributed by atoms with Gasteiger partial charge in [0.1, 0.15) is 0 Å².